The lowest BCUT2D eigenvalue weighted by atomic mass is 9.87. The number of hydrogen-bond acceptors (Lipinski definition) is 7. The molecule has 0 saturated carbocycles. The highest BCUT2D eigenvalue weighted by Crippen LogP contribution is 2.35. The average Bonchev–Trinajstić information content (AvgIpc) is 3.25. The zero-order chi connectivity index (χ0) is 24.9. The molecule has 2 heterocycles. The number of nitrogens with two attached hydrogens (primary N) is 1. The minimum atomic E-state index is -1.52. The molecule has 3 atom stereocenters. The summed E-state index contributed by atoms with van der Waals surface area (Å²) in [5, 5.41) is 15.1. The van der Waals surface area contributed by atoms with E-state index in [0.717, 1.165) is 4.68 Å². The van der Waals surface area contributed by atoms with E-state index in [9.17, 15) is 9.18 Å². The van der Waals surface area contributed by atoms with E-state index >= 15 is 4.39 Å². The van der Waals surface area contributed by atoms with Crippen LogP contribution in [0.2, 0.25) is 0 Å². The van der Waals surface area contributed by atoms with Crippen LogP contribution in [0.25, 0.3) is 5.95 Å². The average molecular weight is 482 g/mol. The minimum absolute atomic E-state index is 0.0681. The van der Waals surface area contributed by atoms with Crippen molar-refractivity contribution >= 4 is 11.5 Å². The first-order chi connectivity index (χ1) is 16.9. The molecule has 5 N–H and O–H groups in total. The number of nitrogens with one attached hydrogen (secondary N) is 3. The van der Waals surface area contributed by atoms with E-state index in [1.807, 2.05) is 0 Å². The standard InChI is InChI=1S/C23H24F2N8O2/c1-13-11-16(17(25)12-18(13)35-10-7-24)19(30-15-5-3-14(4-6-15)20(26)27)21-31-23(34)33(32-21)22-28-8-2-9-29-22/h2-6,8-9,11-12,16-17,19,30H,7,10H2,1H3,(H3,26,27)(H,31,32,34). The van der Waals surface area contributed by atoms with Crippen LogP contribution >= 0.6 is 0 Å². The lowest BCUT2D eigenvalue weighted by molar-refractivity contribution is 0.181. The number of ether oxygens (including phenoxy) is 1. The van der Waals surface area contributed by atoms with Crippen molar-refractivity contribution in [1.82, 2.24) is 24.7 Å². The Labute approximate surface area is 199 Å². The first-order valence-corrected chi connectivity index (χ1v) is 10.8. The molecular weight excluding hydrogens is 458 g/mol. The van der Waals surface area contributed by atoms with Gasteiger partial charge in [-0.3, -0.25) is 10.4 Å². The molecule has 10 nitrogen and oxygen atoms in total. The Morgan fingerprint density at radius 1 is 1.29 bits per heavy atom. The van der Waals surface area contributed by atoms with Crippen LogP contribution < -0.4 is 16.7 Å². The van der Waals surface area contributed by atoms with E-state index in [4.69, 9.17) is 15.9 Å². The Kier molecular flexibility index (Phi) is 6.99. The Morgan fingerprint density at radius 2 is 2.00 bits per heavy atom. The van der Waals surface area contributed by atoms with Crippen molar-refractivity contribution in [1.29, 1.82) is 5.41 Å². The van der Waals surface area contributed by atoms with E-state index < -0.39 is 30.5 Å². The maximum absolute atomic E-state index is 15.4. The third kappa shape index (κ3) is 5.26. The first-order valence-electron chi connectivity index (χ1n) is 10.8. The molecule has 1 aromatic carbocycles. The van der Waals surface area contributed by atoms with Crippen molar-refractivity contribution < 1.29 is 13.5 Å². The molecular formula is C23H24F2N8O2. The number of aromatic amines is 1. The number of rotatable bonds is 9. The number of aromatic nitrogens is 5. The quantitative estimate of drug-likeness (QED) is 0.271. The zero-order valence-electron chi connectivity index (χ0n) is 18.8. The summed E-state index contributed by atoms with van der Waals surface area (Å²) in [4.78, 5) is 23.4. The topological polar surface area (TPSA) is 148 Å². The van der Waals surface area contributed by atoms with E-state index in [1.54, 1.807) is 43.3 Å². The van der Waals surface area contributed by atoms with Gasteiger partial charge in [0.2, 0.25) is 0 Å². The molecule has 0 amide bonds. The Morgan fingerprint density at radius 3 is 2.66 bits per heavy atom. The molecule has 0 fully saturated rings. The fraction of sp³-hybridized carbons (Fsp3) is 0.261. The zero-order valence-corrected chi connectivity index (χ0v) is 18.8. The van der Waals surface area contributed by atoms with Gasteiger partial charge in [0.05, 0.1) is 6.04 Å². The molecule has 3 unspecified atom stereocenters. The predicted octanol–water partition coefficient (Wildman–Crippen LogP) is 2.57. The van der Waals surface area contributed by atoms with Gasteiger partial charge in [-0.25, -0.2) is 23.5 Å². The van der Waals surface area contributed by atoms with Gasteiger partial charge >= 0.3 is 5.69 Å². The number of nitrogens with zero attached hydrogens (tertiary/aromatic N) is 4. The number of hydrogen-bond donors (Lipinski definition) is 4. The molecule has 2 aromatic heterocycles. The van der Waals surface area contributed by atoms with E-state index in [1.165, 1.54) is 18.5 Å². The lowest BCUT2D eigenvalue weighted by Crippen LogP contribution is -2.30. The monoisotopic (exact) mass is 482 g/mol. The largest absolute Gasteiger partial charge is 0.491 e. The number of halogens is 2. The summed E-state index contributed by atoms with van der Waals surface area (Å²) in [5.41, 5.74) is 6.69. The number of benzene rings is 1. The SMILES string of the molecule is CC1=CC(C(Nc2ccc(C(=N)N)cc2)c2nn(-c3ncccn3)c(=O)[nH]2)C(F)C=C1OCCF. The molecule has 0 bridgehead atoms. The molecule has 0 saturated heterocycles. The van der Waals surface area contributed by atoms with E-state index in [2.05, 4.69) is 25.4 Å². The second kappa shape index (κ2) is 10.3. The third-order valence-corrected chi connectivity index (χ3v) is 5.42. The number of amidine groups is 1. The van der Waals surface area contributed by atoms with E-state index in [-0.39, 0.29) is 30.0 Å². The number of H-pyrrole nitrogens is 1. The predicted molar refractivity (Wildman–Crippen MR) is 126 cm³/mol. The van der Waals surface area contributed by atoms with Crippen LogP contribution in [0.1, 0.15) is 24.4 Å². The fourth-order valence-electron chi connectivity index (χ4n) is 3.73. The number of anilines is 1. The van der Waals surface area contributed by atoms with Crippen LogP contribution in [-0.2, 0) is 4.74 Å². The molecule has 0 radical (unpaired) electrons. The molecule has 1 aliphatic carbocycles. The molecule has 35 heavy (non-hydrogen) atoms. The van der Waals surface area contributed by atoms with Crippen LogP contribution in [0.5, 0.6) is 0 Å². The fourth-order valence-corrected chi connectivity index (χ4v) is 3.73. The van der Waals surface area contributed by atoms with Crippen molar-refractivity contribution in [2.45, 2.75) is 19.1 Å². The maximum Gasteiger partial charge on any atom is 0.350 e. The van der Waals surface area contributed by atoms with Gasteiger partial charge in [0.1, 0.15) is 31.0 Å². The molecule has 4 rings (SSSR count). The summed E-state index contributed by atoms with van der Waals surface area (Å²) in [5.74, 6) is -0.377. The van der Waals surface area contributed by atoms with Gasteiger partial charge in [-0.1, -0.05) is 6.08 Å². The Balaban J connectivity index is 1.71. The summed E-state index contributed by atoms with van der Waals surface area (Å²) >= 11 is 0. The summed E-state index contributed by atoms with van der Waals surface area (Å²) < 4.78 is 34.3. The maximum atomic E-state index is 15.4. The van der Waals surface area contributed by atoms with Gasteiger partial charge in [-0.2, -0.15) is 0 Å². The smallest absolute Gasteiger partial charge is 0.350 e. The van der Waals surface area contributed by atoms with Gasteiger partial charge in [-0.05, 0) is 48.9 Å². The van der Waals surface area contributed by atoms with Crippen molar-refractivity contribution in [3.8, 4) is 5.95 Å². The van der Waals surface area contributed by atoms with Crippen molar-refractivity contribution in [3.63, 3.8) is 0 Å². The van der Waals surface area contributed by atoms with Gasteiger partial charge in [0, 0.05) is 29.6 Å². The summed E-state index contributed by atoms with van der Waals surface area (Å²) in [7, 11) is 0. The van der Waals surface area contributed by atoms with Crippen LogP contribution in [0.3, 0.4) is 0 Å². The van der Waals surface area contributed by atoms with Gasteiger partial charge in [0.25, 0.3) is 5.95 Å². The molecule has 0 spiro atoms. The second-order valence-electron chi connectivity index (χ2n) is 7.83. The minimum Gasteiger partial charge on any atom is -0.491 e. The van der Waals surface area contributed by atoms with Gasteiger partial charge < -0.3 is 15.8 Å². The second-order valence-corrected chi connectivity index (χ2v) is 7.83. The van der Waals surface area contributed by atoms with E-state index in [0.29, 0.717) is 16.8 Å². The summed E-state index contributed by atoms with van der Waals surface area (Å²) in [6, 6.07) is 7.47. The van der Waals surface area contributed by atoms with Crippen molar-refractivity contribution in [3.05, 3.63) is 88.1 Å². The molecule has 1 aliphatic rings. The van der Waals surface area contributed by atoms with Crippen LogP contribution in [0.15, 0.2) is 71.0 Å². The molecule has 0 aliphatic heterocycles. The molecule has 12 heteroatoms. The number of allylic oxidation sites excluding steroid dienone is 2. The first kappa shape index (κ1) is 23.8. The van der Waals surface area contributed by atoms with Crippen molar-refractivity contribution in [2.75, 3.05) is 18.6 Å². The highest BCUT2D eigenvalue weighted by molar-refractivity contribution is 5.95. The van der Waals surface area contributed by atoms with Crippen molar-refractivity contribution in [2.24, 2.45) is 11.7 Å². The lowest BCUT2D eigenvalue weighted by Gasteiger charge is -2.30. The van der Waals surface area contributed by atoms with Crippen LogP contribution in [0.4, 0.5) is 14.5 Å². The van der Waals surface area contributed by atoms with Gasteiger partial charge in [-0.15, -0.1) is 9.78 Å². The third-order valence-electron chi connectivity index (χ3n) is 5.42. The van der Waals surface area contributed by atoms with Crippen LogP contribution in [0, 0.1) is 11.3 Å². The highest BCUT2D eigenvalue weighted by atomic mass is 19.1. The number of alkyl halides is 2. The Bertz CT molecular complexity index is 1300. The number of nitrogen functional groups attached to an aromatic ring is 1. The molecule has 182 valence electrons. The highest BCUT2D eigenvalue weighted by Gasteiger charge is 2.35. The van der Waals surface area contributed by atoms with Gasteiger partial charge in [0.15, 0.2) is 5.82 Å². The van der Waals surface area contributed by atoms with Crippen LogP contribution in [-0.4, -0.2) is 50.0 Å². The summed E-state index contributed by atoms with van der Waals surface area (Å²) in [6.45, 7) is 0.875. The molecule has 3 aromatic rings. The summed E-state index contributed by atoms with van der Waals surface area (Å²) in [6.07, 6.45) is 4.38. The Hall–Kier alpha value is -4.35. The normalized spacial score (nSPS) is 18.4.